The van der Waals surface area contributed by atoms with Gasteiger partial charge in [0.05, 0.1) is 22.1 Å². The van der Waals surface area contributed by atoms with E-state index in [-0.39, 0.29) is 0 Å². The van der Waals surface area contributed by atoms with Gasteiger partial charge in [0, 0.05) is 49.3 Å². The van der Waals surface area contributed by atoms with Crippen LogP contribution in [0.4, 0.5) is 0 Å². The Hall–Kier alpha value is -10.3. The lowest BCUT2D eigenvalue weighted by molar-refractivity contribution is 0.454. The Morgan fingerprint density at radius 2 is 0.775 bits per heavy atom. The van der Waals surface area contributed by atoms with Crippen molar-refractivity contribution in [2.75, 3.05) is 0 Å². The Kier molecular flexibility index (Phi) is 12.4. The van der Waals surface area contributed by atoms with Gasteiger partial charge in [-0.3, -0.25) is 0 Å². The Labute approximate surface area is 463 Å². The van der Waals surface area contributed by atoms with Gasteiger partial charge in [0.15, 0.2) is 16.3 Å². The molecule has 1 N–H and O–H groups in total. The monoisotopic (exact) mass is 1050 g/mol. The number of hydrogen-bond acceptors (Lipinski definition) is 8. The van der Waals surface area contributed by atoms with E-state index in [2.05, 4.69) is 199 Å². The fraction of sp³-hybridized carbons (Fsp3) is 0. The number of halogens is 1. The summed E-state index contributed by atoms with van der Waals surface area (Å²) in [5, 5.41) is 16.2. The maximum absolute atomic E-state index is 8.90. The van der Waals surface area contributed by atoms with Gasteiger partial charge in [-0.1, -0.05) is 163 Å². The van der Waals surface area contributed by atoms with Crippen molar-refractivity contribution in [3.63, 3.8) is 0 Å². The van der Waals surface area contributed by atoms with Gasteiger partial charge in [0.1, 0.15) is 46.3 Å². The molecule has 16 aromatic rings. The summed E-state index contributed by atoms with van der Waals surface area (Å²) in [6, 6.07) is 83.2. The first-order chi connectivity index (χ1) is 39.6. The maximum Gasteiger partial charge on any atom is 0.569 e. The van der Waals surface area contributed by atoms with Crippen LogP contribution in [-0.2, 0) is 0 Å². The molecule has 6 aromatic heterocycles. The molecule has 379 valence electrons. The van der Waals surface area contributed by atoms with Crippen molar-refractivity contribution in [3.8, 4) is 50.6 Å². The van der Waals surface area contributed by atoms with Crippen molar-refractivity contribution in [1.29, 1.82) is 0 Å². The molecular weight excluding hydrogens is 1010 g/mol. The van der Waals surface area contributed by atoms with E-state index < -0.39 is 0 Å². The lowest BCUT2D eigenvalue weighted by Gasteiger charge is -2.11. The van der Waals surface area contributed by atoms with Crippen LogP contribution in [0.25, 0.3) is 133 Å². The second-order valence-corrected chi connectivity index (χ2v) is 19.5. The van der Waals surface area contributed by atoms with Gasteiger partial charge in [0.25, 0.3) is 0 Å². The molecule has 0 bridgehead atoms. The second-order valence-electron chi connectivity index (χ2n) is 19.1. The zero-order valence-electron chi connectivity index (χ0n) is 42.6. The predicted molar refractivity (Wildman–Crippen MR) is 324 cm³/mol. The van der Waals surface area contributed by atoms with Gasteiger partial charge in [-0.05, 0) is 113 Å². The molecule has 16 rings (SSSR count). The van der Waals surface area contributed by atoms with E-state index >= 15 is 0 Å². The molecule has 10 nitrogen and oxygen atoms in total. The highest BCUT2D eigenvalue weighted by Gasteiger charge is 2.18. The molecule has 0 spiro atoms. The highest BCUT2D eigenvalue weighted by atomic mass is 35.5. The average molecular weight is 1050 g/mol. The van der Waals surface area contributed by atoms with Crippen LogP contribution < -0.4 is 4.65 Å². The van der Waals surface area contributed by atoms with Crippen LogP contribution in [0.3, 0.4) is 0 Å². The van der Waals surface area contributed by atoms with Crippen molar-refractivity contribution in [2.24, 2.45) is 0 Å². The molecule has 0 aliphatic carbocycles. The lowest BCUT2D eigenvalue weighted by atomic mass is 10.0. The van der Waals surface area contributed by atoms with E-state index in [0.717, 1.165) is 77.9 Å². The molecule has 0 unspecified atom stereocenters. The normalized spacial score (nSPS) is 11.4. The van der Waals surface area contributed by atoms with Gasteiger partial charge in [-0.15, -0.1) is 0 Å². The van der Waals surface area contributed by atoms with Crippen LogP contribution in [0.2, 0.25) is 5.15 Å². The number of fused-ring (bicyclic) bond motifs is 12. The molecule has 0 fully saturated rings. The van der Waals surface area contributed by atoms with Crippen molar-refractivity contribution >= 4 is 107 Å². The van der Waals surface area contributed by atoms with E-state index in [1.807, 2.05) is 72.8 Å². The third-order valence-electron chi connectivity index (χ3n) is 14.5. The molecular formula is C68H43BClN6O4. The summed E-state index contributed by atoms with van der Waals surface area (Å²) in [5.41, 5.74) is 17.7. The van der Waals surface area contributed by atoms with Gasteiger partial charge in [0.2, 0.25) is 0 Å². The third kappa shape index (κ3) is 8.63. The Morgan fingerprint density at radius 3 is 1.30 bits per heavy atom. The second kappa shape index (κ2) is 20.6. The van der Waals surface area contributed by atoms with Crippen LogP contribution in [0.5, 0.6) is 5.75 Å². The minimum Gasteiger partial charge on any atom is -0.537 e. The van der Waals surface area contributed by atoms with Crippen LogP contribution in [0, 0.1) is 0 Å². The SMILES string of the molecule is Clc1ncnc2c1oc1ccccc12.O[B]Oc1cccc(-c2cccc(-n3c4ccccc4c4ccccc43)c2)c1.c1cc(-c2cccc(-n3c4ccccc4c4ccccc43)c2)cc(-c2ncnc3c2oc2ccccc23)c1. The molecule has 0 aliphatic heterocycles. The van der Waals surface area contributed by atoms with Gasteiger partial charge in [-0.2, -0.15) is 0 Å². The van der Waals surface area contributed by atoms with Gasteiger partial charge < -0.3 is 27.6 Å². The van der Waals surface area contributed by atoms with E-state index in [0.29, 0.717) is 29.8 Å². The highest BCUT2D eigenvalue weighted by molar-refractivity contribution is 6.34. The first-order valence-corrected chi connectivity index (χ1v) is 26.3. The fourth-order valence-corrected chi connectivity index (χ4v) is 11.1. The fourth-order valence-electron chi connectivity index (χ4n) is 10.9. The molecule has 0 atom stereocenters. The summed E-state index contributed by atoms with van der Waals surface area (Å²) in [6.07, 6.45) is 3.06. The smallest absolute Gasteiger partial charge is 0.537 e. The summed E-state index contributed by atoms with van der Waals surface area (Å²) in [6.45, 7) is 0. The Bertz CT molecular complexity index is 4880. The van der Waals surface area contributed by atoms with Gasteiger partial charge >= 0.3 is 7.69 Å². The van der Waals surface area contributed by atoms with E-state index in [4.69, 9.17) is 30.1 Å². The molecule has 10 aromatic carbocycles. The number of benzene rings is 10. The van der Waals surface area contributed by atoms with Crippen molar-refractivity contribution in [1.82, 2.24) is 29.1 Å². The lowest BCUT2D eigenvalue weighted by Crippen LogP contribution is -1.99. The molecule has 1 radical (unpaired) electrons. The number of furan rings is 2. The molecule has 0 aliphatic rings. The topological polar surface area (TPSA) is 117 Å². The van der Waals surface area contributed by atoms with Crippen molar-refractivity contribution in [2.45, 2.75) is 0 Å². The van der Waals surface area contributed by atoms with E-state index in [1.165, 1.54) is 49.9 Å². The molecule has 6 heterocycles. The summed E-state index contributed by atoms with van der Waals surface area (Å²) < 4.78 is 21.5. The first kappa shape index (κ1) is 48.1. The standard InChI is InChI=1S/C34H21N3O.C24H17BNO2.C10H5ClN2O/c1-4-16-29-26(13-1)27-14-2-5-17-30(27)37(29)25-12-8-10-23(20-25)22-9-7-11-24(19-22)32-34-33(36-21-35-32)28-15-3-6-18-31(28)38-34;27-25-28-20-10-6-8-18(16-20)17-7-5-9-19(15-17)26-23-13-3-1-11-21(23)22-12-2-4-14-24(22)26;11-10-9-8(12-5-13-10)6-3-1-2-4-7(6)14-9/h1-21H;1-16,27H;1-5H. The van der Waals surface area contributed by atoms with Crippen LogP contribution in [-0.4, -0.2) is 41.8 Å². The first-order valence-electron chi connectivity index (χ1n) is 26.0. The zero-order chi connectivity index (χ0) is 53.5. The molecule has 0 saturated heterocycles. The number of nitrogens with zero attached hydrogens (tertiary/aromatic N) is 6. The van der Waals surface area contributed by atoms with Crippen molar-refractivity contribution in [3.05, 3.63) is 260 Å². The van der Waals surface area contributed by atoms with Crippen LogP contribution >= 0.6 is 11.6 Å². The largest absolute Gasteiger partial charge is 0.569 e. The summed E-state index contributed by atoms with van der Waals surface area (Å²) in [5.74, 6) is 0.599. The van der Waals surface area contributed by atoms with Crippen molar-refractivity contribution < 1.29 is 18.5 Å². The Morgan fingerprint density at radius 1 is 0.375 bits per heavy atom. The summed E-state index contributed by atoms with van der Waals surface area (Å²) in [7, 11) is 0.702. The zero-order valence-corrected chi connectivity index (χ0v) is 43.3. The number of aromatic nitrogens is 6. The molecule has 80 heavy (non-hydrogen) atoms. The minimum absolute atomic E-state index is 0.353. The van der Waals surface area contributed by atoms with E-state index in [9.17, 15) is 0 Å². The summed E-state index contributed by atoms with van der Waals surface area (Å²) >= 11 is 5.88. The maximum atomic E-state index is 8.90. The van der Waals surface area contributed by atoms with E-state index in [1.54, 1.807) is 6.33 Å². The average Bonchev–Trinajstić information content (AvgIpc) is 4.33. The number of rotatable bonds is 7. The molecule has 0 saturated carbocycles. The minimum atomic E-state index is 0.353. The predicted octanol–water partition coefficient (Wildman–Crippen LogP) is 17.2. The summed E-state index contributed by atoms with van der Waals surface area (Å²) in [4.78, 5) is 17.1. The molecule has 12 heteroatoms. The van der Waals surface area contributed by atoms with Crippen LogP contribution in [0.15, 0.2) is 264 Å². The number of para-hydroxylation sites is 6. The highest BCUT2D eigenvalue weighted by Crippen LogP contribution is 2.38. The van der Waals surface area contributed by atoms with Gasteiger partial charge in [-0.25, -0.2) is 19.9 Å². The molecule has 0 amide bonds. The quantitative estimate of drug-likeness (QED) is 0.124. The third-order valence-corrected chi connectivity index (χ3v) is 14.7. The van der Waals surface area contributed by atoms with Crippen LogP contribution in [0.1, 0.15) is 0 Å². The number of hydrogen-bond donors (Lipinski definition) is 1. The Balaban J connectivity index is 0.000000120.